The van der Waals surface area contributed by atoms with E-state index in [0.717, 1.165) is 11.0 Å². The molecule has 0 bridgehead atoms. The summed E-state index contributed by atoms with van der Waals surface area (Å²) >= 11 is 0. The van der Waals surface area contributed by atoms with Gasteiger partial charge in [0.25, 0.3) is 0 Å². The van der Waals surface area contributed by atoms with E-state index in [4.69, 9.17) is 0 Å². The number of nitrogens with one attached hydrogen (secondary N) is 2. The average molecular weight is 414 g/mol. The van der Waals surface area contributed by atoms with Crippen LogP contribution in [0.4, 0.5) is 5.95 Å². The SMILES string of the molecule is CCn1c(NC(=O)CCNS(=O)(=O)c2ccc(C(C)=O)cc2)nc2ccccc21. The zero-order chi connectivity index (χ0) is 21.0. The lowest BCUT2D eigenvalue weighted by molar-refractivity contribution is -0.116. The van der Waals surface area contributed by atoms with E-state index in [1.165, 1.54) is 31.2 Å². The summed E-state index contributed by atoms with van der Waals surface area (Å²) in [6.45, 7) is 3.94. The highest BCUT2D eigenvalue weighted by Gasteiger charge is 2.16. The van der Waals surface area contributed by atoms with Gasteiger partial charge in [-0.1, -0.05) is 24.3 Å². The number of amides is 1. The highest BCUT2D eigenvalue weighted by molar-refractivity contribution is 7.89. The molecule has 9 heteroatoms. The molecule has 0 aliphatic carbocycles. The molecule has 2 N–H and O–H groups in total. The number of carbonyl (C=O) groups excluding carboxylic acids is 2. The summed E-state index contributed by atoms with van der Waals surface area (Å²) in [5.74, 6) is -0.0531. The first-order valence-corrected chi connectivity index (χ1v) is 10.7. The summed E-state index contributed by atoms with van der Waals surface area (Å²) in [5, 5.41) is 2.74. The number of benzene rings is 2. The van der Waals surface area contributed by atoms with E-state index in [2.05, 4.69) is 15.0 Å². The van der Waals surface area contributed by atoms with Gasteiger partial charge >= 0.3 is 0 Å². The van der Waals surface area contributed by atoms with Crippen molar-refractivity contribution in [3.05, 3.63) is 54.1 Å². The molecule has 29 heavy (non-hydrogen) atoms. The first-order chi connectivity index (χ1) is 13.8. The van der Waals surface area contributed by atoms with Gasteiger partial charge in [0.1, 0.15) is 0 Å². The highest BCUT2D eigenvalue weighted by Crippen LogP contribution is 2.19. The Balaban J connectivity index is 1.60. The van der Waals surface area contributed by atoms with Crippen LogP contribution in [0.15, 0.2) is 53.4 Å². The van der Waals surface area contributed by atoms with Gasteiger partial charge in [0.2, 0.25) is 21.9 Å². The fourth-order valence-electron chi connectivity index (χ4n) is 2.93. The second kappa shape index (κ2) is 8.54. The van der Waals surface area contributed by atoms with E-state index in [-0.39, 0.29) is 29.6 Å². The number of fused-ring (bicyclic) bond motifs is 1. The van der Waals surface area contributed by atoms with Crippen molar-refractivity contribution in [2.75, 3.05) is 11.9 Å². The summed E-state index contributed by atoms with van der Waals surface area (Å²) in [5.41, 5.74) is 2.13. The molecule has 0 radical (unpaired) electrons. The smallest absolute Gasteiger partial charge is 0.240 e. The van der Waals surface area contributed by atoms with Crippen LogP contribution in [0.25, 0.3) is 11.0 Å². The predicted molar refractivity (Wildman–Crippen MR) is 110 cm³/mol. The quantitative estimate of drug-likeness (QED) is 0.551. The van der Waals surface area contributed by atoms with Crippen molar-refractivity contribution in [3.63, 3.8) is 0 Å². The third kappa shape index (κ3) is 4.69. The minimum absolute atomic E-state index is 0.0377. The molecule has 0 spiro atoms. The maximum absolute atomic E-state index is 12.3. The van der Waals surface area contributed by atoms with Crippen molar-refractivity contribution in [2.45, 2.75) is 31.7 Å². The number of ketones is 1. The average Bonchev–Trinajstić information content (AvgIpc) is 3.04. The molecule has 3 rings (SSSR count). The van der Waals surface area contributed by atoms with Gasteiger partial charge in [-0.25, -0.2) is 18.1 Å². The van der Waals surface area contributed by atoms with E-state index < -0.39 is 10.0 Å². The van der Waals surface area contributed by atoms with Crippen LogP contribution in [-0.4, -0.2) is 36.2 Å². The van der Waals surface area contributed by atoms with Gasteiger partial charge < -0.3 is 4.57 Å². The van der Waals surface area contributed by atoms with Crippen molar-refractivity contribution >= 4 is 38.7 Å². The molecule has 2 aromatic carbocycles. The Kier molecular flexibility index (Phi) is 6.09. The van der Waals surface area contributed by atoms with E-state index in [1.54, 1.807) is 0 Å². The highest BCUT2D eigenvalue weighted by atomic mass is 32.2. The van der Waals surface area contributed by atoms with Gasteiger partial charge in [0, 0.05) is 25.1 Å². The number of aryl methyl sites for hydroxylation is 1. The number of anilines is 1. The number of hydrogen-bond acceptors (Lipinski definition) is 5. The Morgan fingerprint density at radius 3 is 2.41 bits per heavy atom. The number of hydrogen-bond donors (Lipinski definition) is 2. The Hall–Kier alpha value is -3.04. The van der Waals surface area contributed by atoms with Crippen molar-refractivity contribution < 1.29 is 18.0 Å². The first-order valence-electron chi connectivity index (χ1n) is 9.17. The van der Waals surface area contributed by atoms with Crippen LogP contribution in [0.2, 0.25) is 0 Å². The second-order valence-corrected chi connectivity index (χ2v) is 8.21. The maximum atomic E-state index is 12.3. The lowest BCUT2D eigenvalue weighted by atomic mass is 10.2. The molecule has 0 aliphatic rings. The number of sulfonamides is 1. The standard InChI is InChI=1S/C20H22N4O4S/c1-3-24-18-7-5-4-6-17(18)22-20(24)23-19(26)12-13-21-29(27,28)16-10-8-15(9-11-16)14(2)25/h4-11,21H,3,12-13H2,1-2H3,(H,22,23,26). The molecule has 8 nitrogen and oxygen atoms in total. The minimum Gasteiger partial charge on any atom is -0.310 e. The summed E-state index contributed by atoms with van der Waals surface area (Å²) < 4.78 is 28.9. The van der Waals surface area contributed by atoms with Gasteiger partial charge in [-0.15, -0.1) is 0 Å². The normalized spacial score (nSPS) is 11.5. The number of imidazole rings is 1. The topological polar surface area (TPSA) is 110 Å². The molecule has 0 saturated carbocycles. The Labute approximate surface area is 169 Å². The molecule has 0 aliphatic heterocycles. The number of rotatable bonds is 8. The van der Waals surface area contributed by atoms with E-state index in [9.17, 15) is 18.0 Å². The number of Topliss-reactive ketones (excluding diaryl/α,β-unsaturated/α-hetero) is 1. The van der Waals surface area contributed by atoms with Crippen molar-refractivity contribution in [2.24, 2.45) is 0 Å². The Bertz CT molecular complexity index is 1150. The van der Waals surface area contributed by atoms with Crippen LogP contribution in [0.1, 0.15) is 30.6 Å². The molecule has 0 saturated heterocycles. The first kappa shape index (κ1) is 20.7. The van der Waals surface area contributed by atoms with Crippen LogP contribution < -0.4 is 10.0 Å². The molecule has 0 fully saturated rings. The second-order valence-electron chi connectivity index (χ2n) is 6.44. The third-order valence-electron chi connectivity index (χ3n) is 4.44. The van der Waals surface area contributed by atoms with Crippen molar-refractivity contribution in [1.82, 2.24) is 14.3 Å². The summed E-state index contributed by atoms with van der Waals surface area (Å²) in [6, 6.07) is 13.2. The van der Waals surface area contributed by atoms with Gasteiger partial charge in [0.15, 0.2) is 5.78 Å². The molecular formula is C20H22N4O4S. The number of aromatic nitrogens is 2. The summed E-state index contributed by atoms with van der Waals surface area (Å²) in [4.78, 5) is 28.0. The number of nitrogens with zero attached hydrogens (tertiary/aromatic N) is 2. The maximum Gasteiger partial charge on any atom is 0.240 e. The van der Waals surface area contributed by atoms with Crippen molar-refractivity contribution in [3.8, 4) is 0 Å². The van der Waals surface area contributed by atoms with Crippen LogP contribution in [0, 0.1) is 0 Å². The molecule has 0 unspecified atom stereocenters. The lowest BCUT2D eigenvalue weighted by Crippen LogP contribution is -2.28. The Morgan fingerprint density at radius 1 is 1.07 bits per heavy atom. The molecule has 1 heterocycles. The Morgan fingerprint density at radius 2 is 1.76 bits per heavy atom. The largest absolute Gasteiger partial charge is 0.310 e. The molecule has 1 aromatic heterocycles. The third-order valence-corrected chi connectivity index (χ3v) is 5.91. The zero-order valence-electron chi connectivity index (χ0n) is 16.2. The van der Waals surface area contributed by atoms with E-state index in [0.29, 0.717) is 18.1 Å². The molecule has 152 valence electrons. The van der Waals surface area contributed by atoms with Gasteiger partial charge in [-0.3, -0.25) is 14.9 Å². The zero-order valence-corrected chi connectivity index (χ0v) is 17.0. The summed E-state index contributed by atoms with van der Waals surface area (Å²) in [7, 11) is -3.77. The van der Waals surface area contributed by atoms with E-state index in [1.807, 2.05) is 35.8 Å². The van der Waals surface area contributed by atoms with Gasteiger partial charge in [0.05, 0.1) is 15.9 Å². The minimum atomic E-state index is -3.77. The number of carbonyl (C=O) groups is 2. The number of para-hydroxylation sites is 2. The van der Waals surface area contributed by atoms with Crippen molar-refractivity contribution in [1.29, 1.82) is 0 Å². The van der Waals surface area contributed by atoms with E-state index >= 15 is 0 Å². The fraction of sp³-hybridized carbons (Fsp3) is 0.250. The molecular weight excluding hydrogens is 392 g/mol. The molecule has 3 aromatic rings. The van der Waals surface area contributed by atoms with Gasteiger partial charge in [-0.05, 0) is 38.1 Å². The van der Waals surface area contributed by atoms with Gasteiger partial charge in [-0.2, -0.15) is 0 Å². The van der Waals surface area contributed by atoms with Crippen LogP contribution in [-0.2, 0) is 21.4 Å². The van der Waals surface area contributed by atoms with Crippen LogP contribution in [0.5, 0.6) is 0 Å². The summed E-state index contributed by atoms with van der Waals surface area (Å²) in [6.07, 6.45) is -0.0440. The monoisotopic (exact) mass is 414 g/mol. The molecule has 1 amide bonds. The fourth-order valence-corrected chi connectivity index (χ4v) is 3.96. The predicted octanol–water partition coefficient (Wildman–Crippen LogP) is 2.57. The van der Waals surface area contributed by atoms with Crippen LogP contribution >= 0.6 is 0 Å². The van der Waals surface area contributed by atoms with Crippen LogP contribution in [0.3, 0.4) is 0 Å². The lowest BCUT2D eigenvalue weighted by Gasteiger charge is -2.09. The molecule has 0 atom stereocenters.